The smallest absolute Gasteiger partial charge is 0.407 e. The third-order valence-electron chi connectivity index (χ3n) is 17.0. The first-order valence-electron chi connectivity index (χ1n) is 32.0. The number of carbonyl (C=O) groups is 5. The largest absolute Gasteiger partial charge is 0.489 e. The molecule has 0 aliphatic heterocycles. The molecule has 0 spiro atoms. The third kappa shape index (κ3) is 19.4. The van der Waals surface area contributed by atoms with Crippen molar-refractivity contribution in [3.05, 3.63) is 302 Å². The van der Waals surface area contributed by atoms with E-state index < -0.39 is 48.2 Å². The van der Waals surface area contributed by atoms with E-state index in [4.69, 9.17) is 28.4 Å². The molecule has 10 aromatic rings. The zero-order chi connectivity index (χ0) is 67.6. The van der Waals surface area contributed by atoms with E-state index in [1.54, 1.807) is 6.92 Å². The molecule has 0 aromatic heterocycles. The maximum absolute atomic E-state index is 12.8. The Kier molecular flexibility index (Phi) is 26.7. The Morgan fingerprint density at radius 2 is 0.636 bits per heavy atom. The van der Waals surface area contributed by atoms with Crippen LogP contribution in [-0.4, -0.2) is 61.4 Å². The fourth-order valence-electron chi connectivity index (χ4n) is 11.6. The summed E-state index contributed by atoms with van der Waals surface area (Å²) in [6.07, 6.45) is -1.37. The van der Waals surface area contributed by atoms with Crippen LogP contribution in [0.2, 0.25) is 0 Å². The van der Waals surface area contributed by atoms with E-state index >= 15 is 0 Å². The van der Waals surface area contributed by atoms with E-state index in [9.17, 15) is 24.0 Å². The average Bonchev–Trinajstić information content (AvgIpc) is 1.63. The fourth-order valence-corrected chi connectivity index (χ4v) is 13.8. The Morgan fingerprint density at radius 1 is 0.354 bits per heavy atom. The second-order valence-electron chi connectivity index (χ2n) is 23.6. The van der Waals surface area contributed by atoms with Crippen LogP contribution in [0.25, 0.3) is 44.5 Å². The predicted molar refractivity (Wildman–Crippen MR) is 409 cm³/mol. The lowest BCUT2D eigenvalue weighted by Gasteiger charge is -2.19. The van der Waals surface area contributed by atoms with Crippen LogP contribution in [-0.2, 0) is 59.8 Å². The van der Waals surface area contributed by atoms with Crippen LogP contribution in [0.5, 0.6) is 11.5 Å². The topological polar surface area (TPSA) is 177 Å². The fraction of sp³-hybridized carbons (Fsp3) is 0.173. The van der Waals surface area contributed by atoms with Crippen molar-refractivity contribution < 1.29 is 52.4 Å². The molecule has 99 heavy (non-hydrogen) atoms. The summed E-state index contributed by atoms with van der Waals surface area (Å²) in [7, 11) is 5.61. The van der Waals surface area contributed by atoms with Crippen molar-refractivity contribution in [2.24, 2.45) is 0 Å². The summed E-state index contributed by atoms with van der Waals surface area (Å²) in [5.41, 5.74) is 17.5. The Hall–Kier alpha value is -9.53. The predicted octanol–water partition coefficient (Wildman–Crippen LogP) is 15.9. The van der Waals surface area contributed by atoms with Crippen LogP contribution in [0.4, 0.5) is 9.59 Å². The first-order chi connectivity index (χ1) is 47.3. The molecule has 3 N–H and O–H groups in total. The molecule has 0 bridgehead atoms. The second-order valence-corrected chi connectivity index (χ2v) is 27.6. The van der Waals surface area contributed by atoms with Gasteiger partial charge in [-0.3, -0.25) is 4.79 Å². The number of fused-ring (bicyclic) bond motifs is 6. The molecule has 508 valence electrons. The SMILES string of the molecule is CC(NC(=O)OCC1c2ccccc2-c2ccccc21)C(=O)NC(C)C(=O)OCc1ccc(OCc2ccc(-c3ccc(P[PH3+])cc3)cc2)cc1.CC(NC(=O)OCC1c2ccccc2-c2ccccc21)C(=O)OCc1ccc(OCc2ccc(-c3ccc(P[PH3+])cc3)cc2)cc1.[CH3-].[CH3-]. The Labute approximate surface area is 588 Å². The Balaban J connectivity index is 0.000000228. The highest BCUT2D eigenvalue weighted by atomic mass is 32.0. The number of hydrogen-bond donors (Lipinski definition) is 3. The van der Waals surface area contributed by atoms with E-state index in [0.717, 1.165) is 89.0 Å². The number of rotatable bonds is 24. The number of nitrogens with one attached hydrogen (secondary N) is 3. The van der Waals surface area contributed by atoms with Crippen LogP contribution in [0.3, 0.4) is 0 Å². The highest BCUT2D eigenvalue weighted by molar-refractivity contribution is 8.07. The van der Waals surface area contributed by atoms with Gasteiger partial charge in [0, 0.05) is 22.4 Å². The van der Waals surface area contributed by atoms with Crippen molar-refractivity contribution in [2.45, 2.75) is 77.2 Å². The van der Waals surface area contributed by atoms with Crippen LogP contribution >= 0.6 is 34.4 Å². The molecule has 0 saturated carbocycles. The quantitative estimate of drug-likeness (QED) is 0.0227. The van der Waals surface area contributed by atoms with Gasteiger partial charge in [-0.25, -0.2) is 19.2 Å². The summed E-state index contributed by atoms with van der Waals surface area (Å²) in [6.45, 7) is 5.94. The van der Waals surface area contributed by atoms with Crippen molar-refractivity contribution >= 4 is 75.0 Å². The van der Waals surface area contributed by atoms with Gasteiger partial charge in [-0.15, -0.1) is 0 Å². The maximum atomic E-state index is 12.8. The van der Waals surface area contributed by atoms with Crippen LogP contribution in [0.1, 0.15) is 77.1 Å². The van der Waals surface area contributed by atoms with Gasteiger partial charge in [0.05, 0.1) is 16.5 Å². The lowest BCUT2D eigenvalue weighted by atomic mass is 9.98. The average molecular weight is 1400 g/mol. The third-order valence-corrected chi connectivity index (χ3v) is 20.9. The van der Waals surface area contributed by atoms with Gasteiger partial charge in [-0.1, -0.05) is 218 Å². The number of esters is 2. The molecule has 0 saturated heterocycles. The Bertz CT molecular complexity index is 4260. The summed E-state index contributed by atoms with van der Waals surface area (Å²) in [4.78, 5) is 63.2. The number of amides is 3. The Morgan fingerprint density at radius 3 is 0.970 bits per heavy atom. The van der Waals surface area contributed by atoms with Crippen molar-refractivity contribution in [2.75, 3.05) is 13.2 Å². The van der Waals surface area contributed by atoms with Gasteiger partial charge in [0.25, 0.3) is 0 Å². The van der Waals surface area contributed by atoms with Crippen molar-refractivity contribution in [1.29, 1.82) is 0 Å². The molecule has 2 aliphatic rings. The summed E-state index contributed by atoms with van der Waals surface area (Å²) in [6, 6.07) is 78.6. The van der Waals surface area contributed by atoms with Gasteiger partial charge in [-0.2, -0.15) is 0 Å². The molecule has 10 aromatic carbocycles. The molecule has 3 amide bonds. The van der Waals surface area contributed by atoms with E-state index in [0.29, 0.717) is 19.0 Å². The summed E-state index contributed by atoms with van der Waals surface area (Å²) >= 11 is 0. The standard InChI is InChI=1S/C41H40N2O6P2.C38H35NO5P2.2CH3/c1-26(43-41(46)49-25-38-36-9-5-3-7-34(36)35-8-4-6-10-37(35)38)39(44)42-27(2)40(45)48-24-29-13-19-32(20-14-29)47-23-28-11-15-30(16-12-28)31-17-21-33(51-50)22-18-31;1-25(39-38(41)44-24-36-34-8-4-2-6-32(34)33-7-3-5-9-35(33)36)37(40)43-23-27-12-18-30(19-13-27)42-22-26-10-14-28(15-11-26)29-16-20-31(46-45)21-17-29;;/h3-22,26-27,38,51H,23-25,50H2,1-2H3,(H,42,44)(H,43,46);2-21,25,36,46H,22-24,45H2,1H3,(H,39,41);2*1H3/q;;2*-1/p+2. The lowest BCUT2D eigenvalue weighted by Crippen LogP contribution is -2.49. The number of alkyl carbamates (subject to hydrolysis) is 2. The number of benzene rings is 10. The van der Waals surface area contributed by atoms with Gasteiger partial charge < -0.3 is 59.2 Å². The molecular weight excluding hydrogens is 1310 g/mol. The van der Waals surface area contributed by atoms with Crippen molar-refractivity contribution in [3.8, 4) is 56.0 Å². The van der Waals surface area contributed by atoms with Gasteiger partial charge in [0.2, 0.25) is 5.91 Å². The monoisotopic (exact) mass is 1400 g/mol. The minimum atomic E-state index is -0.931. The van der Waals surface area contributed by atoms with Crippen molar-refractivity contribution in [1.82, 2.24) is 16.0 Å². The maximum Gasteiger partial charge on any atom is 0.407 e. The van der Waals surface area contributed by atoms with E-state index in [1.807, 2.05) is 127 Å². The van der Waals surface area contributed by atoms with E-state index in [1.165, 1.54) is 46.7 Å². The molecule has 12 rings (SSSR count). The molecule has 7 unspecified atom stereocenters. The van der Waals surface area contributed by atoms with E-state index in [2.05, 4.69) is 149 Å². The van der Waals surface area contributed by atoms with Gasteiger partial charge in [-0.05, 0) is 152 Å². The normalized spacial score (nSPS) is 12.8. The molecule has 2 aliphatic carbocycles. The van der Waals surface area contributed by atoms with Gasteiger partial charge in [0.15, 0.2) is 0 Å². The molecule has 0 fully saturated rings. The van der Waals surface area contributed by atoms with Gasteiger partial charge >= 0.3 is 24.1 Å². The van der Waals surface area contributed by atoms with E-state index in [-0.39, 0.29) is 53.1 Å². The van der Waals surface area contributed by atoms with Crippen LogP contribution in [0, 0.1) is 14.9 Å². The summed E-state index contributed by atoms with van der Waals surface area (Å²) in [5, 5.41) is 10.5. The molecule has 18 heteroatoms. The summed E-state index contributed by atoms with van der Waals surface area (Å²) < 4.78 is 33.9. The zero-order valence-electron chi connectivity index (χ0n) is 56.1. The first-order valence-corrected chi connectivity index (χ1v) is 38.7. The minimum Gasteiger partial charge on any atom is -0.489 e. The van der Waals surface area contributed by atoms with Crippen molar-refractivity contribution in [3.63, 3.8) is 0 Å². The van der Waals surface area contributed by atoms with Crippen LogP contribution < -0.4 is 36.0 Å². The lowest BCUT2D eigenvalue weighted by molar-refractivity contribution is -0.148. The minimum absolute atomic E-state index is 0. The molecule has 14 nitrogen and oxygen atoms in total. The molecule has 0 heterocycles. The second kappa shape index (κ2) is 35.8. The first kappa shape index (κ1) is 73.7. The number of carbonyl (C=O) groups excluding carboxylic acids is 5. The number of ether oxygens (including phenoxy) is 6. The molecule has 0 radical (unpaired) electrons. The highest BCUT2D eigenvalue weighted by Crippen LogP contribution is 2.46. The van der Waals surface area contributed by atoms with Gasteiger partial charge in [0.1, 0.15) is 69.3 Å². The van der Waals surface area contributed by atoms with Crippen LogP contribution in [0.15, 0.2) is 243 Å². The highest BCUT2D eigenvalue weighted by Gasteiger charge is 2.32. The number of hydrogen-bond acceptors (Lipinski definition) is 11. The molecular formula is C81H83N3O11P4. The molecule has 7 atom stereocenters. The summed E-state index contributed by atoms with van der Waals surface area (Å²) in [5.74, 6) is -0.395. The zero-order valence-corrected chi connectivity index (χ0v) is 61.0.